The zero-order valence-electron chi connectivity index (χ0n) is 68.3. The molecule has 0 aliphatic rings. The van der Waals surface area contributed by atoms with Gasteiger partial charge in [-0.05, 0) is 187 Å². The Balaban J connectivity index is 0.000000200. The minimum atomic E-state index is -4.73. The largest absolute Gasteiger partial charge is 0.435 e. The Labute approximate surface area is 718 Å². The maximum atomic E-state index is 14.5. The highest BCUT2D eigenvalue weighted by atomic mass is 19.4. The second-order valence-electron chi connectivity index (χ2n) is 30.1. The normalized spacial score (nSPS) is 13.1. The summed E-state index contributed by atoms with van der Waals surface area (Å²) in [7, 11) is 1.35. The van der Waals surface area contributed by atoms with Crippen LogP contribution >= 0.6 is 0 Å². The average molecular weight is 1800 g/mol. The summed E-state index contributed by atoms with van der Waals surface area (Å²) in [6.07, 6.45) is -6.72. The number of alkyl halides is 9. The fraction of sp³-hybridized carbons (Fsp3) is 0.258. The van der Waals surface area contributed by atoms with Crippen LogP contribution in [0.2, 0.25) is 0 Å². The van der Waals surface area contributed by atoms with Gasteiger partial charge in [-0.15, -0.1) is 0 Å². The van der Waals surface area contributed by atoms with Crippen molar-refractivity contribution in [1.82, 2.24) is 65.6 Å². The third-order valence-corrected chi connectivity index (χ3v) is 19.7. The van der Waals surface area contributed by atoms with Gasteiger partial charge in [0.05, 0.1) is 63.7 Å². The first-order valence-corrected chi connectivity index (χ1v) is 39.0. The fourth-order valence-corrected chi connectivity index (χ4v) is 14.0. The van der Waals surface area contributed by atoms with E-state index in [-0.39, 0.29) is 89.7 Å². The van der Waals surface area contributed by atoms with E-state index in [9.17, 15) is 108 Å². The van der Waals surface area contributed by atoms with Crippen molar-refractivity contribution in [3.8, 4) is 33.4 Å². The van der Waals surface area contributed by atoms with Gasteiger partial charge in [0.1, 0.15) is 70.5 Å². The molecule has 0 saturated carbocycles. The predicted octanol–water partition coefficient (Wildman–Crippen LogP) is 18.1. The van der Waals surface area contributed by atoms with E-state index in [1.807, 2.05) is 0 Å². The van der Waals surface area contributed by atoms with Gasteiger partial charge in [0.2, 0.25) is 17.7 Å². The first-order chi connectivity index (χ1) is 60.3. The molecule has 0 radical (unpaired) electrons. The summed E-state index contributed by atoms with van der Waals surface area (Å²) in [6, 6.07) is 23.7. The van der Waals surface area contributed by atoms with E-state index in [0.29, 0.717) is 64.0 Å². The molecule has 6 aromatic carbocycles. The van der Waals surface area contributed by atoms with Gasteiger partial charge in [-0.25, -0.2) is 39.5 Å². The van der Waals surface area contributed by atoms with Crippen LogP contribution in [0.1, 0.15) is 172 Å². The average Bonchev–Trinajstić information content (AvgIpc) is 0.882. The zero-order valence-corrected chi connectivity index (χ0v) is 68.3. The number of hydrogen-bond acceptors (Lipinski definition) is 12. The fourth-order valence-electron chi connectivity index (χ4n) is 14.0. The van der Waals surface area contributed by atoms with Crippen molar-refractivity contribution in [2.45, 2.75) is 128 Å². The quantitative estimate of drug-likeness (QED) is 0.0239. The summed E-state index contributed by atoms with van der Waals surface area (Å²) < 4.78 is 249. The maximum Gasteiger partial charge on any atom is 0.435 e. The second kappa shape index (κ2) is 41.4. The van der Waals surface area contributed by atoms with Gasteiger partial charge in [-0.2, -0.15) is 54.8 Å². The summed E-state index contributed by atoms with van der Waals surface area (Å²) in [6.45, 7) is 8.71. The van der Waals surface area contributed by atoms with Crippen LogP contribution in [0.25, 0.3) is 33.4 Å². The zero-order chi connectivity index (χ0) is 93.6. The molecule has 0 unspecified atom stereocenters. The standard InChI is InChI=1S/C31H29F6N5O2.C30H27F6N5O2.C28H23F6N5O2/c1-17(2)11-26(42-10-8-27(41-42)31(35,36)37)30(44)40-25(14-18-12-20(32)16-21(33)13-18)28-22(5-4-9-39-28)19-6-7-24(34)23(15-19)29(43)38-3;1-16(2)10-25(41-9-7-26(40-41)30(34,35)36)29(43)39-24(13-17-11-19(31)15-20(32)12-17)27-21(4-3-8-38-27)18-5-6-23(33)22(14-18)28(37)42;1-2-24(39-14-17(13-37-39)28(32,33)34)27(41)38-23(10-15-8-18(29)12-19(30)9-15)25-20(4-3-7-36-25)16-5-6-22(31)21(11-16)26(35)40/h4-10,12-13,15-17,25-26H,11,14H2,1-3H3,(H,38,43)(H,40,44);3-9,11-12,14-16,24-25H,10,13H2,1-2H3,(H2,37,42)(H,39,43);3-9,11-14,23-24H,2,10H2,1H3,(H2,35,40)(H,38,41)/t25-,26+;24-,25-;23-,24+/m000/s1. The third-order valence-electron chi connectivity index (χ3n) is 19.7. The smallest absolute Gasteiger partial charge is 0.366 e. The number of benzene rings is 6. The molecule has 39 heteroatoms. The van der Waals surface area contributed by atoms with Crippen LogP contribution in [0.15, 0.2) is 201 Å². The van der Waals surface area contributed by atoms with E-state index in [1.165, 1.54) is 62.0 Å². The van der Waals surface area contributed by atoms with E-state index in [2.05, 4.69) is 51.5 Å². The molecule has 6 heterocycles. The van der Waals surface area contributed by atoms with E-state index >= 15 is 0 Å². The number of pyridine rings is 3. The molecule has 0 fully saturated rings. The highest BCUT2D eigenvalue weighted by Crippen LogP contribution is 2.39. The number of carbonyl (C=O) groups excluding carboxylic acids is 6. The Bertz CT molecular complexity index is 5950. The van der Waals surface area contributed by atoms with Gasteiger partial charge in [0.15, 0.2) is 11.4 Å². The third kappa shape index (κ3) is 25.0. The van der Waals surface area contributed by atoms with Crippen molar-refractivity contribution in [2.24, 2.45) is 23.3 Å². The molecule has 12 rings (SSSR count). The second-order valence-corrected chi connectivity index (χ2v) is 30.1. The van der Waals surface area contributed by atoms with Gasteiger partial charge in [-0.3, -0.25) is 57.8 Å². The molecule has 0 saturated heterocycles. The molecule has 128 heavy (non-hydrogen) atoms. The first-order valence-electron chi connectivity index (χ1n) is 39.0. The minimum absolute atomic E-state index is 0.0567. The Hall–Kier alpha value is -14.0. The summed E-state index contributed by atoms with van der Waals surface area (Å²) in [4.78, 5) is 90.0. The molecule has 6 atom stereocenters. The molecule has 6 aromatic heterocycles. The Morgan fingerprint density at radius 3 is 1.01 bits per heavy atom. The minimum Gasteiger partial charge on any atom is -0.366 e. The van der Waals surface area contributed by atoms with Gasteiger partial charge >= 0.3 is 18.5 Å². The number of amides is 6. The highest BCUT2D eigenvalue weighted by molar-refractivity contribution is 5.97. The Morgan fingerprint density at radius 1 is 0.406 bits per heavy atom. The van der Waals surface area contributed by atoms with Gasteiger partial charge in [-0.1, -0.05) is 71.0 Å². The molecule has 12 aromatic rings. The number of halogens is 18. The monoisotopic (exact) mass is 1800 g/mol. The van der Waals surface area contributed by atoms with Crippen LogP contribution in [0.4, 0.5) is 79.0 Å². The van der Waals surface area contributed by atoms with Gasteiger partial charge in [0, 0.05) is 79.1 Å². The molecular weight excluding hydrogens is 1720 g/mol. The molecule has 8 N–H and O–H groups in total. The van der Waals surface area contributed by atoms with Crippen LogP contribution < -0.4 is 32.7 Å². The van der Waals surface area contributed by atoms with Crippen molar-refractivity contribution < 1.29 is 108 Å². The SMILES string of the molecule is CC(C)C[C@@H](C(=O)N[C@@H](Cc1cc(F)cc(F)c1)c1ncccc1-c1ccc(F)c(C(N)=O)c1)n1ccc(C(F)(F)F)n1.CC[C@H](C(=O)N[C@@H](Cc1cc(F)cc(F)c1)c1ncccc1-c1ccc(F)c(C(N)=O)c1)n1cc(C(F)(F)F)cn1.CNC(=O)c1cc(-c2cccnc2[C@H](Cc2cc(F)cc(F)c2)NC(=O)[C@@H](CC(C)C)n2ccc(C(F)(F)F)n2)ccc1F. The predicted molar refractivity (Wildman–Crippen MR) is 430 cm³/mol. The Kier molecular flexibility index (Phi) is 31.1. The molecular formula is C89H79F18N15O6. The van der Waals surface area contributed by atoms with E-state index < -0.39 is 171 Å². The van der Waals surface area contributed by atoms with E-state index in [0.717, 1.165) is 93.2 Å². The van der Waals surface area contributed by atoms with Crippen molar-refractivity contribution in [2.75, 3.05) is 7.05 Å². The lowest BCUT2D eigenvalue weighted by Gasteiger charge is -2.25. The van der Waals surface area contributed by atoms with Crippen molar-refractivity contribution in [1.29, 1.82) is 0 Å². The number of nitrogens with zero attached hydrogens (tertiary/aromatic N) is 9. The van der Waals surface area contributed by atoms with Crippen LogP contribution in [0.5, 0.6) is 0 Å². The Morgan fingerprint density at radius 2 is 0.727 bits per heavy atom. The maximum absolute atomic E-state index is 14.5. The van der Waals surface area contributed by atoms with Crippen molar-refractivity contribution >= 4 is 35.4 Å². The van der Waals surface area contributed by atoms with Gasteiger partial charge in [0.25, 0.3) is 17.7 Å². The molecule has 0 aliphatic carbocycles. The number of nitrogens with two attached hydrogens (primary N) is 2. The van der Waals surface area contributed by atoms with Crippen molar-refractivity contribution in [3.63, 3.8) is 0 Å². The number of carbonyl (C=O) groups is 6. The first kappa shape index (κ1) is 96.2. The van der Waals surface area contributed by atoms with Crippen LogP contribution in [-0.2, 0) is 52.2 Å². The molecule has 0 aliphatic heterocycles. The number of nitrogens with one attached hydrogen (secondary N) is 4. The number of primary amides is 2. The highest BCUT2D eigenvalue weighted by Gasteiger charge is 2.39. The van der Waals surface area contributed by atoms with E-state index in [4.69, 9.17) is 11.5 Å². The molecule has 6 amide bonds. The van der Waals surface area contributed by atoms with Gasteiger partial charge < -0.3 is 32.7 Å². The summed E-state index contributed by atoms with van der Waals surface area (Å²) in [5.41, 5.74) is 9.24. The van der Waals surface area contributed by atoms with Crippen LogP contribution in [0.3, 0.4) is 0 Å². The number of rotatable bonds is 29. The van der Waals surface area contributed by atoms with Crippen LogP contribution in [-0.4, -0.2) is 86.8 Å². The lowest BCUT2D eigenvalue weighted by molar-refractivity contribution is -0.142. The lowest BCUT2D eigenvalue weighted by atomic mass is 9.93. The molecule has 21 nitrogen and oxygen atoms in total. The van der Waals surface area contributed by atoms with Crippen molar-refractivity contribution in [3.05, 3.63) is 321 Å². The summed E-state index contributed by atoms with van der Waals surface area (Å²) >= 11 is 0. The summed E-state index contributed by atoms with van der Waals surface area (Å²) in [5.74, 6) is -12.8. The van der Waals surface area contributed by atoms with Crippen LogP contribution in [0, 0.1) is 64.2 Å². The molecule has 0 spiro atoms. The number of hydrogen-bond donors (Lipinski definition) is 6. The molecule has 672 valence electrons. The summed E-state index contributed by atoms with van der Waals surface area (Å²) in [5, 5.41) is 21.5. The lowest BCUT2D eigenvalue weighted by Crippen LogP contribution is -2.37. The topological polar surface area (TPSA) is 295 Å². The van der Waals surface area contributed by atoms with E-state index in [1.54, 1.807) is 71.0 Å². The number of aromatic nitrogens is 9. The molecule has 0 bridgehead atoms.